The highest BCUT2D eigenvalue weighted by Crippen LogP contribution is 2.59. The van der Waals surface area contributed by atoms with Crippen LogP contribution in [0.4, 0.5) is 0 Å². The predicted octanol–water partition coefficient (Wildman–Crippen LogP) is 4.80. The Morgan fingerprint density at radius 1 is 1.29 bits per heavy atom. The molecule has 2 saturated carbocycles. The maximum atomic E-state index is 11.7. The van der Waals surface area contributed by atoms with Gasteiger partial charge in [-0.1, -0.05) is 31.6 Å². The van der Waals surface area contributed by atoms with Crippen LogP contribution < -0.4 is 0 Å². The normalized spacial score (nSPS) is 34.1. The van der Waals surface area contributed by atoms with Gasteiger partial charge >= 0.3 is 5.97 Å². The summed E-state index contributed by atoms with van der Waals surface area (Å²) >= 11 is 0. The largest absolute Gasteiger partial charge is 0.459 e. The fourth-order valence-electron chi connectivity index (χ4n) is 4.80. The van der Waals surface area contributed by atoms with Gasteiger partial charge in [0.1, 0.15) is 6.10 Å². The zero-order valence-corrected chi connectivity index (χ0v) is 13.7. The van der Waals surface area contributed by atoms with Gasteiger partial charge in [-0.05, 0) is 69.1 Å². The van der Waals surface area contributed by atoms with E-state index in [-0.39, 0.29) is 12.1 Å². The molecule has 116 valence electrons. The zero-order chi connectivity index (χ0) is 15.2. The van der Waals surface area contributed by atoms with Gasteiger partial charge in [-0.2, -0.15) is 0 Å². The molecule has 2 bridgehead atoms. The number of hydrogen-bond donors (Lipinski definition) is 0. The van der Waals surface area contributed by atoms with Crippen LogP contribution in [-0.2, 0) is 9.53 Å². The molecule has 0 aromatic carbocycles. The Balaban J connectivity index is 1.70. The van der Waals surface area contributed by atoms with Crippen LogP contribution in [0.15, 0.2) is 23.3 Å². The van der Waals surface area contributed by atoms with Crippen LogP contribution in [0.5, 0.6) is 0 Å². The Morgan fingerprint density at radius 3 is 2.62 bits per heavy atom. The summed E-state index contributed by atoms with van der Waals surface area (Å²) in [7, 11) is 0. The van der Waals surface area contributed by atoms with Crippen molar-refractivity contribution in [2.75, 3.05) is 0 Å². The van der Waals surface area contributed by atoms with Crippen LogP contribution in [0.1, 0.15) is 65.7 Å². The molecule has 0 radical (unpaired) electrons. The number of carbonyl (C=O) groups excluding carboxylic acids is 1. The third-order valence-electron chi connectivity index (χ3n) is 6.14. The molecule has 0 aromatic heterocycles. The van der Waals surface area contributed by atoms with Gasteiger partial charge in [0, 0.05) is 5.57 Å². The molecular formula is C19H28O2. The summed E-state index contributed by atoms with van der Waals surface area (Å²) in [4.78, 5) is 11.7. The second-order valence-electron chi connectivity index (χ2n) is 7.84. The molecule has 0 aromatic rings. The van der Waals surface area contributed by atoms with Gasteiger partial charge in [0.05, 0.1) is 0 Å². The van der Waals surface area contributed by atoms with E-state index < -0.39 is 0 Å². The fourth-order valence-corrected chi connectivity index (χ4v) is 4.80. The molecule has 3 aliphatic rings. The van der Waals surface area contributed by atoms with Crippen molar-refractivity contribution >= 4 is 5.97 Å². The Hall–Kier alpha value is -1.05. The number of ether oxygens (including phenoxy) is 1. The van der Waals surface area contributed by atoms with Crippen molar-refractivity contribution < 1.29 is 9.53 Å². The van der Waals surface area contributed by atoms with Crippen molar-refractivity contribution in [2.24, 2.45) is 17.3 Å². The summed E-state index contributed by atoms with van der Waals surface area (Å²) in [6.45, 7) is 10.3. The van der Waals surface area contributed by atoms with Crippen molar-refractivity contribution in [3.63, 3.8) is 0 Å². The van der Waals surface area contributed by atoms with Gasteiger partial charge in [-0.15, -0.1) is 0 Å². The maximum absolute atomic E-state index is 11.7. The SMILES string of the molecule is C=C(C)C(=O)OC1CCCC(C2=C3CCC(C2)C3(C)C)C1. The minimum absolute atomic E-state index is 0.100. The van der Waals surface area contributed by atoms with E-state index >= 15 is 0 Å². The van der Waals surface area contributed by atoms with E-state index in [1.165, 1.54) is 32.1 Å². The highest BCUT2D eigenvalue weighted by Gasteiger charge is 2.47. The highest BCUT2D eigenvalue weighted by molar-refractivity contribution is 5.87. The monoisotopic (exact) mass is 288 g/mol. The van der Waals surface area contributed by atoms with Gasteiger partial charge < -0.3 is 4.74 Å². The van der Waals surface area contributed by atoms with Gasteiger partial charge in [0.2, 0.25) is 0 Å². The standard InChI is InChI=1S/C19H28O2/c1-12(2)18(20)21-15-7-5-6-13(10-15)16-11-14-8-9-17(16)19(14,3)4/h13-15H,1,5-11H2,2-4H3. The average Bonchev–Trinajstić information content (AvgIpc) is 2.87. The summed E-state index contributed by atoms with van der Waals surface area (Å²) in [5, 5.41) is 0. The van der Waals surface area contributed by atoms with Crippen molar-refractivity contribution in [1.29, 1.82) is 0 Å². The van der Waals surface area contributed by atoms with E-state index in [2.05, 4.69) is 20.4 Å². The third kappa shape index (κ3) is 2.58. The van der Waals surface area contributed by atoms with E-state index in [0.29, 0.717) is 16.9 Å². The molecule has 21 heavy (non-hydrogen) atoms. The first-order chi connectivity index (χ1) is 9.89. The first kappa shape index (κ1) is 14.9. The Labute approximate surface area is 128 Å². The summed E-state index contributed by atoms with van der Waals surface area (Å²) < 4.78 is 5.61. The molecule has 0 saturated heterocycles. The maximum Gasteiger partial charge on any atom is 0.333 e. The number of esters is 1. The first-order valence-electron chi connectivity index (χ1n) is 8.48. The van der Waals surface area contributed by atoms with Crippen molar-refractivity contribution in [1.82, 2.24) is 0 Å². The van der Waals surface area contributed by atoms with Crippen LogP contribution >= 0.6 is 0 Å². The summed E-state index contributed by atoms with van der Waals surface area (Å²) in [5.41, 5.74) is 4.41. The van der Waals surface area contributed by atoms with Crippen molar-refractivity contribution in [3.05, 3.63) is 23.3 Å². The molecule has 3 aliphatic carbocycles. The number of rotatable bonds is 3. The molecule has 3 unspecified atom stereocenters. The van der Waals surface area contributed by atoms with Crippen molar-refractivity contribution in [2.45, 2.75) is 71.8 Å². The molecule has 0 heterocycles. The number of hydrogen-bond acceptors (Lipinski definition) is 2. The van der Waals surface area contributed by atoms with Crippen LogP contribution in [0.2, 0.25) is 0 Å². The van der Waals surface area contributed by atoms with E-state index in [0.717, 1.165) is 18.8 Å². The Morgan fingerprint density at radius 2 is 2.05 bits per heavy atom. The molecule has 2 heteroatoms. The summed E-state index contributed by atoms with van der Waals surface area (Å²) in [5.74, 6) is 1.30. The van der Waals surface area contributed by atoms with Gasteiger partial charge in [0.15, 0.2) is 0 Å². The van der Waals surface area contributed by atoms with Crippen LogP contribution in [0.25, 0.3) is 0 Å². The molecular weight excluding hydrogens is 260 g/mol. The van der Waals surface area contributed by atoms with Crippen molar-refractivity contribution in [3.8, 4) is 0 Å². The van der Waals surface area contributed by atoms with E-state index in [4.69, 9.17) is 4.74 Å². The lowest BCUT2D eigenvalue weighted by atomic mass is 9.78. The van der Waals surface area contributed by atoms with Crippen LogP contribution in [-0.4, -0.2) is 12.1 Å². The molecule has 3 rings (SSSR count). The van der Waals surface area contributed by atoms with Gasteiger partial charge in [-0.25, -0.2) is 4.79 Å². The third-order valence-corrected chi connectivity index (χ3v) is 6.14. The number of fused-ring (bicyclic) bond motifs is 2. The predicted molar refractivity (Wildman–Crippen MR) is 84.8 cm³/mol. The Bertz CT molecular complexity index is 498. The summed E-state index contributed by atoms with van der Waals surface area (Å²) in [6, 6.07) is 0. The van der Waals surface area contributed by atoms with Crippen LogP contribution in [0.3, 0.4) is 0 Å². The molecule has 2 fully saturated rings. The van der Waals surface area contributed by atoms with E-state index in [9.17, 15) is 4.79 Å². The lowest BCUT2D eigenvalue weighted by molar-refractivity contribution is -0.146. The van der Waals surface area contributed by atoms with E-state index in [1.807, 2.05) is 0 Å². The first-order valence-corrected chi connectivity index (χ1v) is 8.48. The minimum atomic E-state index is -0.216. The number of carbonyl (C=O) groups is 1. The highest BCUT2D eigenvalue weighted by atomic mass is 16.5. The second kappa shape index (κ2) is 5.30. The zero-order valence-electron chi connectivity index (χ0n) is 13.7. The molecule has 3 atom stereocenters. The minimum Gasteiger partial charge on any atom is -0.459 e. The van der Waals surface area contributed by atoms with Gasteiger partial charge in [-0.3, -0.25) is 0 Å². The molecule has 2 nitrogen and oxygen atoms in total. The molecule has 0 amide bonds. The fraction of sp³-hybridized carbons (Fsp3) is 0.737. The Kier molecular flexibility index (Phi) is 3.75. The smallest absolute Gasteiger partial charge is 0.333 e. The number of allylic oxidation sites excluding steroid dienone is 2. The molecule has 0 spiro atoms. The topological polar surface area (TPSA) is 26.3 Å². The summed E-state index contributed by atoms with van der Waals surface area (Å²) in [6.07, 6.45) is 8.60. The molecule has 0 N–H and O–H groups in total. The van der Waals surface area contributed by atoms with Gasteiger partial charge in [0.25, 0.3) is 0 Å². The quantitative estimate of drug-likeness (QED) is 0.423. The average molecular weight is 288 g/mol. The molecule has 0 aliphatic heterocycles. The lowest BCUT2D eigenvalue weighted by Crippen LogP contribution is -2.27. The van der Waals surface area contributed by atoms with Crippen LogP contribution in [0, 0.1) is 17.3 Å². The second-order valence-corrected chi connectivity index (χ2v) is 7.84. The van der Waals surface area contributed by atoms with E-state index in [1.54, 1.807) is 18.1 Å². The lowest BCUT2D eigenvalue weighted by Gasteiger charge is -2.31.